The van der Waals surface area contributed by atoms with Crippen LogP contribution in [0, 0.1) is 0 Å². The highest BCUT2D eigenvalue weighted by Crippen LogP contribution is 2.17. The fraction of sp³-hybridized carbons (Fsp3) is 0.933. The zero-order valence-corrected chi connectivity index (χ0v) is 13.4. The second-order valence-corrected chi connectivity index (χ2v) is 6.40. The molecule has 20 heavy (non-hydrogen) atoms. The fourth-order valence-electron chi connectivity index (χ4n) is 2.36. The number of carbonyl (C=O) groups excluding carboxylic acids is 1. The van der Waals surface area contributed by atoms with Gasteiger partial charge in [-0.15, -0.1) is 0 Å². The Labute approximate surface area is 123 Å². The maximum Gasteiger partial charge on any atom is 0.410 e. The summed E-state index contributed by atoms with van der Waals surface area (Å²) in [5.41, 5.74) is -0.457. The number of rotatable bonds is 7. The van der Waals surface area contributed by atoms with Crippen LogP contribution >= 0.6 is 0 Å². The average molecular weight is 286 g/mol. The van der Waals surface area contributed by atoms with Crippen molar-refractivity contribution in [1.82, 2.24) is 10.2 Å². The normalized spacial score (nSPS) is 16.4. The number of hydrogen-bond acceptors (Lipinski definition) is 4. The van der Waals surface area contributed by atoms with Crippen molar-refractivity contribution in [3.05, 3.63) is 0 Å². The Morgan fingerprint density at radius 1 is 1.25 bits per heavy atom. The van der Waals surface area contributed by atoms with Gasteiger partial charge in [-0.3, -0.25) is 0 Å². The van der Waals surface area contributed by atoms with Crippen molar-refractivity contribution in [2.75, 3.05) is 33.4 Å². The van der Waals surface area contributed by atoms with Crippen LogP contribution in [0.4, 0.5) is 4.79 Å². The first-order valence-electron chi connectivity index (χ1n) is 7.62. The number of nitrogens with zero attached hydrogens (tertiary/aromatic N) is 1. The zero-order chi connectivity index (χ0) is 15.0. The van der Waals surface area contributed by atoms with Gasteiger partial charge in [-0.25, -0.2) is 4.79 Å². The molecule has 0 aromatic heterocycles. The molecule has 0 bridgehead atoms. The van der Waals surface area contributed by atoms with Crippen LogP contribution in [-0.4, -0.2) is 56.0 Å². The second kappa shape index (κ2) is 8.47. The van der Waals surface area contributed by atoms with E-state index in [-0.39, 0.29) is 6.09 Å². The molecule has 0 aliphatic heterocycles. The van der Waals surface area contributed by atoms with Crippen molar-refractivity contribution in [2.24, 2.45) is 0 Å². The van der Waals surface area contributed by atoms with Gasteiger partial charge in [0.25, 0.3) is 0 Å². The van der Waals surface area contributed by atoms with E-state index in [0.29, 0.717) is 25.7 Å². The molecule has 1 aliphatic carbocycles. The maximum atomic E-state index is 12.1. The summed E-state index contributed by atoms with van der Waals surface area (Å²) in [6, 6.07) is 0.623. The molecule has 5 nitrogen and oxygen atoms in total. The van der Waals surface area contributed by atoms with E-state index < -0.39 is 5.60 Å². The predicted molar refractivity (Wildman–Crippen MR) is 79.9 cm³/mol. The fourth-order valence-corrected chi connectivity index (χ4v) is 2.36. The van der Waals surface area contributed by atoms with Crippen molar-refractivity contribution in [2.45, 2.75) is 58.1 Å². The van der Waals surface area contributed by atoms with E-state index in [1.54, 1.807) is 12.0 Å². The van der Waals surface area contributed by atoms with E-state index in [9.17, 15) is 4.79 Å². The van der Waals surface area contributed by atoms with E-state index in [1.807, 2.05) is 20.8 Å². The van der Waals surface area contributed by atoms with Gasteiger partial charge in [-0.05, 0) is 33.6 Å². The van der Waals surface area contributed by atoms with Crippen molar-refractivity contribution in [3.8, 4) is 0 Å². The molecule has 0 aromatic rings. The van der Waals surface area contributed by atoms with Crippen molar-refractivity contribution in [1.29, 1.82) is 0 Å². The lowest BCUT2D eigenvalue weighted by Crippen LogP contribution is -2.43. The van der Waals surface area contributed by atoms with Crippen LogP contribution in [0.25, 0.3) is 0 Å². The summed E-state index contributed by atoms with van der Waals surface area (Å²) in [7, 11) is 1.64. The van der Waals surface area contributed by atoms with Crippen LogP contribution in [0.2, 0.25) is 0 Å². The number of nitrogens with one attached hydrogen (secondary N) is 1. The lowest BCUT2D eigenvalue weighted by molar-refractivity contribution is 0.0203. The van der Waals surface area contributed by atoms with Crippen LogP contribution in [0.15, 0.2) is 0 Å². The molecule has 0 spiro atoms. The molecule has 1 aliphatic rings. The summed E-state index contributed by atoms with van der Waals surface area (Å²) in [5.74, 6) is 0. The minimum absolute atomic E-state index is 0.261. The summed E-state index contributed by atoms with van der Waals surface area (Å²) in [6.45, 7) is 8.23. The van der Waals surface area contributed by atoms with Gasteiger partial charge in [0.15, 0.2) is 0 Å². The van der Waals surface area contributed by atoms with E-state index >= 15 is 0 Å². The maximum absolute atomic E-state index is 12.1. The molecule has 0 radical (unpaired) electrons. The van der Waals surface area contributed by atoms with Gasteiger partial charge in [-0.1, -0.05) is 12.8 Å². The first-order chi connectivity index (χ1) is 9.42. The van der Waals surface area contributed by atoms with Gasteiger partial charge in [0.2, 0.25) is 0 Å². The monoisotopic (exact) mass is 286 g/mol. The first kappa shape index (κ1) is 17.2. The molecule has 0 saturated heterocycles. The Morgan fingerprint density at radius 3 is 2.45 bits per heavy atom. The van der Waals surface area contributed by atoms with Crippen LogP contribution in [0.5, 0.6) is 0 Å². The van der Waals surface area contributed by atoms with Crippen LogP contribution in [0.3, 0.4) is 0 Å². The van der Waals surface area contributed by atoms with E-state index in [2.05, 4.69) is 5.32 Å². The van der Waals surface area contributed by atoms with Crippen LogP contribution < -0.4 is 5.32 Å². The summed E-state index contributed by atoms with van der Waals surface area (Å²) in [4.78, 5) is 13.8. The highest BCUT2D eigenvalue weighted by Gasteiger charge is 2.22. The van der Waals surface area contributed by atoms with E-state index in [4.69, 9.17) is 9.47 Å². The Morgan fingerprint density at radius 2 is 1.90 bits per heavy atom. The van der Waals surface area contributed by atoms with Gasteiger partial charge in [0.05, 0.1) is 6.61 Å². The molecule has 1 fully saturated rings. The number of ether oxygens (including phenoxy) is 2. The lowest BCUT2D eigenvalue weighted by Gasteiger charge is -2.27. The third-order valence-corrected chi connectivity index (χ3v) is 3.39. The minimum Gasteiger partial charge on any atom is -0.444 e. The third kappa shape index (κ3) is 7.10. The molecule has 118 valence electrons. The van der Waals surface area contributed by atoms with Gasteiger partial charge in [0, 0.05) is 32.8 Å². The first-order valence-corrected chi connectivity index (χ1v) is 7.62. The molecule has 1 N–H and O–H groups in total. The standard InChI is InChI=1S/C15H30N2O3/c1-15(2,3)20-14(18)17(11-12-19-4)10-9-16-13-7-5-6-8-13/h13,16H,5-12H2,1-4H3. The molecular weight excluding hydrogens is 256 g/mol. The highest BCUT2D eigenvalue weighted by atomic mass is 16.6. The quantitative estimate of drug-likeness (QED) is 0.781. The molecule has 0 unspecified atom stereocenters. The number of amides is 1. The summed E-state index contributed by atoms with van der Waals surface area (Å²) >= 11 is 0. The molecule has 1 amide bonds. The topological polar surface area (TPSA) is 50.8 Å². The highest BCUT2D eigenvalue weighted by molar-refractivity contribution is 5.68. The molecule has 1 saturated carbocycles. The van der Waals surface area contributed by atoms with Crippen LogP contribution in [0.1, 0.15) is 46.5 Å². The third-order valence-electron chi connectivity index (χ3n) is 3.39. The van der Waals surface area contributed by atoms with Gasteiger partial charge >= 0.3 is 6.09 Å². The van der Waals surface area contributed by atoms with Crippen molar-refractivity contribution < 1.29 is 14.3 Å². The summed E-state index contributed by atoms with van der Waals surface area (Å²) < 4.78 is 10.5. The molecule has 0 aromatic carbocycles. The van der Waals surface area contributed by atoms with Gasteiger partial charge in [-0.2, -0.15) is 0 Å². The largest absolute Gasteiger partial charge is 0.444 e. The smallest absolute Gasteiger partial charge is 0.410 e. The Balaban J connectivity index is 2.35. The Kier molecular flexibility index (Phi) is 7.30. The molecule has 5 heteroatoms. The lowest BCUT2D eigenvalue weighted by atomic mass is 10.2. The molecule has 0 heterocycles. The number of carbonyl (C=O) groups is 1. The number of methoxy groups -OCH3 is 1. The summed E-state index contributed by atoms with van der Waals surface area (Å²) in [6.07, 6.45) is 4.88. The van der Waals surface area contributed by atoms with Crippen molar-refractivity contribution in [3.63, 3.8) is 0 Å². The zero-order valence-electron chi connectivity index (χ0n) is 13.4. The van der Waals surface area contributed by atoms with Crippen LogP contribution in [-0.2, 0) is 9.47 Å². The minimum atomic E-state index is -0.457. The second-order valence-electron chi connectivity index (χ2n) is 6.40. The summed E-state index contributed by atoms with van der Waals surface area (Å²) in [5, 5.41) is 3.52. The van der Waals surface area contributed by atoms with E-state index in [1.165, 1.54) is 25.7 Å². The van der Waals surface area contributed by atoms with E-state index in [0.717, 1.165) is 6.54 Å². The molecular formula is C15H30N2O3. The van der Waals surface area contributed by atoms with Gasteiger partial charge in [0.1, 0.15) is 5.60 Å². The Hall–Kier alpha value is -0.810. The predicted octanol–water partition coefficient (Wildman–Crippen LogP) is 2.40. The average Bonchev–Trinajstić information content (AvgIpc) is 2.84. The molecule has 1 rings (SSSR count). The van der Waals surface area contributed by atoms with Crippen molar-refractivity contribution >= 4 is 6.09 Å². The van der Waals surface area contributed by atoms with Gasteiger partial charge < -0.3 is 19.7 Å². The molecule has 0 atom stereocenters. The Bertz CT molecular complexity index is 283. The number of hydrogen-bond donors (Lipinski definition) is 1. The SMILES string of the molecule is COCCN(CCNC1CCCC1)C(=O)OC(C)(C)C.